The first kappa shape index (κ1) is 10.6. The average molecular weight is 317 g/mol. The van der Waals surface area contributed by atoms with Crippen molar-refractivity contribution in [3.8, 4) is 0 Å². The van der Waals surface area contributed by atoms with Crippen molar-refractivity contribution in [1.29, 1.82) is 0 Å². The third kappa shape index (κ3) is 2.49. The largest absolute Gasteiger partial charge is 0.395 e. The molecule has 0 aliphatic carbocycles. The molecule has 1 aromatic rings. The third-order valence-electron chi connectivity index (χ3n) is 1.46. The van der Waals surface area contributed by atoms with E-state index in [1.807, 2.05) is 6.07 Å². The van der Waals surface area contributed by atoms with Crippen molar-refractivity contribution in [3.05, 3.63) is 33.8 Å². The Bertz CT molecular complexity index is 278. The van der Waals surface area contributed by atoms with Crippen LogP contribution in [0.5, 0.6) is 0 Å². The maximum Gasteiger partial charge on any atom is 0.0605 e. The van der Waals surface area contributed by atoms with Gasteiger partial charge in [0.2, 0.25) is 0 Å². The number of aliphatic hydroxyl groups excluding tert-OH is 1. The summed E-state index contributed by atoms with van der Waals surface area (Å²) in [6.07, 6.45) is 0. The standard InChI is InChI=1S/C8H7Cl2IO/c9-5-1-2-6(7(10)3-5)8(11)4-12/h1-3,8,12H,4H2/t8-/m1/s1. The molecular formula is C8H7Cl2IO. The summed E-state index contributed by atoms with van der Waals surface area (Å²) in [4.78, 5) is 0. The first-order valence-corrected chi connectivity index (χ1v) is 5.35. The molecule has 0 bridgehead atoms. The van der Waals surface area contributed by atoms with Gasteiger partial charge in [-0.2, -0.15) is 0 Å². The summed E-state index contributed by atoms with van der Waals surface area (Å²) in [6, 6.07) is 5.28. The molecule has 0 aromatic heterocycles. The molecule has 0 saturated carbocycles. The summed E-state index contributed by atoms with van der Waals surface area (Å²) < 4.78 is 0.0346. The second-order valence-electron chi connectivity index (χ2n) is 2.32. The van der Waals surface area contributed by atoms with E-state index < -0.39 is 0 Å². The Kier molecular flexibility index (Phi) is 4.10. The van der Waals surface area contributed by atoms with E-state index in [1.54, 1.807) is 12.1 Å². The van der Waals surface area contributed by atoms with Crippen LogP contribution in [0, 0.1) is 0 Å². The lowest BCUT2D eigenvalue weighted by Gasteiger charge is -2.08. The summed E-state index contributed by atoms with van der Waals surface area (Å²) in [7, 11) is 0. The number of hydrogen-bond acceptors (Lipinski definition) is 1. The molecule has 0 aliphatic rings. The smallest absolute Gasteiger partial charge is 0.0605 e. The molecule has 0 aliphatic heterocycles. The Labute approximate surface area is 94.8 Å². The minimum Gasteiger partial charge on any atom is -0.395 e. The highest BCUT2D eigenvalue weighted by molar-refractivity contribution is 14.1. The Hall–Kier alpha value is 0.490. The van der Waals surface area contributed by atoms with Gasteiger partial charge >= 0.3 is 0 Å². The number of aliphatic hydroxyl groups is 1. The summed E-state index contributed by atoms with van der Waals surface area (Å²) in [5.41, 5.74) is 0.921. The van der Waals surface area contributed by atoms with Gasteiger partial charge in [0.15, 0.2) is 0 Å². The predicted molar refractivity (Wildman–Crippen MR) is 60.3 cm³/mol. The van der Waals surface area contributed by atoms with E-state index in [1.165, 1.54) is 0 Å². The molecular weight excluding hydrogens is 310 g/mol. The number of rotatable bonds is 2. The average Bonchev–Trinajstić information content (AvgIpc) is 2.03. The van der Waals surface area contributed by atoms with Crippen LogP contribution in [0.2, 0.25) is 10.0 Å². The molecule has 1 rings (SSSR count). The van der Waals surface area contributed by atoms with Crippen molar-refractivity contribution in [1.82, 2.24) is 0 Å². The fourth-order valence-electron chi connectivity index (χ4n) is 0.854. The molecule has 66 valence electrons. The molecule has 1 N–H and O–H groups in total. The van der Waals surface area contributed by atoms with Crippen molar-refractivity contribution in [2.24, 2.45) is 0 Å². The second-order valence-corrected chi connectivity index (χ2v) is 4.66. The molecule has 1 atom stereocenters. The molecule has 0 heterocycles. The van der Waals surface area contributed by atoms with Crippen LogP contribution in [-0.4, -0.2) is 11.7 Å². The third-order valence-corrected chi connectivity index (χ3v) is 3.09. The lowest BCUT2D eigenvalue weighted by molar-refractivity contribution is 0.301. The van der Waals surface area contributed by atoms with Crippen molar-refractivity contribution in [3.63, 3.8) is 0 Å². The van der Waals surface area contributed by atoms with E-state index >= 15 is 0 Å². The first-order chi connectivity index (χ1) is 5.65. The van der Waals surface area contributed by atoms with Gasteiger partial charge in [-0.25, -0.2) is 0 Å². The van der Waals surface area contributed by atoms with E-state index in [2.05, 4.69) is 22.6 Å². The number of halogens is 3. The summed E-state index contributed by atoms with van der Waals surface area (Å²) in [5.74, 6) is 0. The molecule has 0 spiro atoms. The Morgan fingerprint density at radius 2 is 2.08 bits per heavy atom. The molecule has 4 heteroatoms. The van der Waals surface area contributed by atoms with Crippen LogP contribution >= 0.6 is 45.8 Å². The van der Waals surface area contributed by atoms with Crippen molar-refractivity contribution < 1.29 is 5.11 Å². The van der Waals surface area contributed by atoms with Crippen LogP contribution in [-0.2, 0) is 0 Å². The van der Waals surface area contributed by atoms with Gasteiger partial charge in [-0.15, -0.1) is 0 Å². The van der Waals surface area contributed by atoms with Crippen molar-refractivity contribution in [2.75, 3.05) is 6.61 Å². The lowest BCUT2D eigenvalue weighted by atomic mass is 10.2. The van der Waals surface area contributed by atoms with E-state index in [9.17, 15) is 0 Å². The fourth-order valence-corrected chi connectivity index (χ4v) is 2.12. The normalized spacial score (nSPS) is 13.0. The van der Waals surface area contributed by atoms with Crippen LogP contribution in [0.1, 0.15) is 9.49 Å². The van der Waals surface area contributed by atoms with E-state index in [4.69, 9.17) is 28.3 Å². The van der Waals surface area contributed by atoms with E-state index in [0.29, 0.717) is 10.0 Å². The SMILES string of the molecule is OC[C@@H](I)c1ccc(Cl)cc1Cl. The van der Waals surface area contributed by atoms with Gasteiger partial charge in [0.1, 0.15) is 0 Å². The zero-order valence-electron chi connectivity index (χ0n) is 6.10. The molecule has 1 nitrogen and oxygen atoms in total. The second kappa shape index (κ2) is 4.65. The Balaban J connectivity index is 3.01. The molecule has 0 saturated heterocycles. The van der Waals surface area contributed by atoms with Gasteiger partial charge in [0.25, 0.3) is 0 Å². The van der Waals surface area contributed by atoms with Crippen LogP contribution in [0.4, 0.5) is 0 Å². The molecule has 0 radical (unpaired) electrons. The quantitative estimate of drug-likeness (QED) is 0.654. The van der Waals surface area contributed by atoms with Gasteiger partial charge in [-0.3, -0.25) is 0 Å². The number of benzene rings is 1. The van der Waals surface area contributed by atoms with Crippen LogP contribution in [0.15, 0.2) is 18.2 Å². The Morgan fingerprint density at radius 3 is 2.58 bits per heavy atom. The van der Waals surface area contributed by atoms with Crippen molar-refractivity contribution in [2.45, 2.75) is 3.92 Å². The van der Waals surface area contributed by atoms with Gasteiger partial charge in [0.05, 0.1) is 10.5 Å². The summed E-state index contributed by atoms with van der Waals surface area (Å²) in [6.45, 7) is 0.0852. The zero-order chi connectivity index (χ0) is 9.14. The summed E-state index contributed by atoms with van der Waals surface area (Å²) in [5, 5.41) is 10.1. The van der Waals surface area contributed by atoms with Gasteiger partial charge in [0, 0.05) is 10.0 Å². The predicted octanol–water partition coefficient (Wildman–Crippen LogP) is 3.46. The maximum atomic E-state index is 8.88. The van der Waals surface area contributed by atoms with Gasteiger partial charge in [-0.1, -0.05) is 51.9 Å². The molecule has 0 fully saturated rings. The van der Waals surface area contributed by atoms with Crippen LogP contribution in [0.3, 0.4) is 0 Å². The van der Waals surface area contributed by atoms with E-state index in [0.717, 1.165) is 5.56 Å². The van der Waals surface area contributed by atoms with Gasteiger partial charge < -0.3 is 5.11 Å². The highest BCUT2D eigenvalue weighted by atomic mass is 127. The monoisotopic (exact) mass is 316 g/mol. The minimum atomic E-state index is 0.0346. The van der Waals surface area contributed by atoms with Crippen LogP contribution < -0.4 is 0 Å². The topological polar surface area (TPSA) is 20.2 Å². The fraction of sp³-hybridized carbons (Fsp3) is 0.250. The minimum absolute atomic E-state index is 0.0346. The number of hydrogen-bond donors (Lipinski definition) is 1. The highest BCUT2D eigenvalue weighted by Gasteiger charge is 2.09. The molecule has 12 heavy (non-hydrogen) atoms. The number of alkyl halides is 1. The van der Waals surface area contributed by atoms with Gasteiger partial charge in [-0.05, 0) is 17.7 Å². The maximum absolute atomic E-state index is 8.88. The highest BCUT2D eigenvalue weighted by Crippen LogP contribution is 2.31. The van der Waals surface area contributed by atoms with Crippen molar-refractivity contribution >= 4 is 45.8 Å². The lowest BCUT2D eigenvalue weighted by Crippen LogP contribution is -1.95. The zero-order valence-corrected chi connectivity index (χ0v) is 9.77. The first-order valence-electron chi connectivity index (χ1n) is 3.35. The summed E-state index contributed by atoms with van der Waals surface area (Å²) >= 11 is 13.7. The molecule has 1 aromatic carbocycles. The Morgan fingerprint density at radius 1 is 1.42 bits per heavy atom. The van der Waals surface area contributed by atoms with E-state index in [-0.39, 0.29) is 10.5 Å². The molecule has 0 amide bonds. The molecule has 0 unspecified atom stereocenters. The van der Waals surface area contributed by atoms with Crippen LogP contribution in [0.25, 0.3) is 0 Å².